The Morgan fingerprint density at radius 3 is 2.48 bits per heavy atom. The normalized spacial score (nSPS) is 10.4. The van der Waals surface area contributed by atoms with Gasteiger partial charge in [0.15, 0.2) is 7.05 Å². The van der Waals surface area contributed by atoms with Gasteiger partial charge in [-0.3, -0.25) is 0 Å². The quantitative estimate of drug-likeness (QED) is 0.508. The van der Waals surface area contributed by atoms with Crippen molar-refractivity contribution in [2.24, 2.45) is 7.05 Å². The Hall–Kier alpha value is -2.96. The molecule has 0 aliphatic rings. The van der Waals surface area contributed by atoms with E-state index in [2.05, 4.69) is 28.6 Å². The van der Waals surface area contributed by atoms with E-state index in [0.717, 1.165) is 26.8 Å². The first-order chi connectivity index (χ1) is 12.6. The Balaban J connectivity index is 0.00000210. The van der Waals surface area contributed by atoms with Gasteiger partial charge in [0.05, 0.1) is 11.1 Å². The predicted molar refractivity (Wildman–Crippen MR) is 103 cm³/mol. The highest BCUT2D eigenvalue weighted by Crippen LogP contribution is 2.30. The van der Waals surface area contributed by atoms with Crippen LogP contribution in [0.4, 0.5) is 10.8 Å². The van der Waals surface area contributed by atoms with Gasteiger partial charge >= 0.3 is 5.97 Å². The minimum absolute atomic E-state index is 0. The van der Waals surface area contributed by atoms with Crippen molar-refractivity contribution in [2.75, 3.05) is 5.32 Å². The molecule has 0 unspecified atom stereocenters. The number of halogens is 1. The number of aromatic carboxylic acids is 1. The number of benzene rings is 3. The number of rotatable bonds is 4. The Kier molecular flexibility index (Phi) is 5.39. The summed E-state index contributed by atoms with van der Waals surface area (Å²) >= 11 is 1.52. The molecular formula is C20H16ClN3O2S. The number of carboxylic acid groups (broad SMARTS) is 1. The molecule has 0 aliphatic carbocycles. The molecule has 1 heterocycles. The van der Waals surface area contributed by atoms with E-state index in [1.54, 1.807) is 28.9 Å². The number of hydrogen-bond acceptors (Lipinski definition) is 4. The van der Waals surface area contributed by atoms with Crippen molar-refractivity contribution in [3.8, 4) is 10.6 Å². The molecule has 0 saturated heterocycles. The van der Waals surface area contributed by atoms with Gasteiger partial charge in [-0.2, -0.15) is 0 Å². The molecule has 0 fully saturated rings. The zero-order valence-electron chi connectivity index (χ0n) is 14.4. The number of aryl methyl sites for hydroxylation is 1. The third kappa shape index (κ3) is 3.77. The fourth-order valence-electron chi connectivity index (χ4n) is 2.86. The van der Waals surface area contributed by atoms with E-state index in [1.807, 2.05) is 31.3 Å². The number of anilines is 2. The Bertz CT molecular complexity index is 1100. The first kappa shape index (κ1) is 18.8. The maximum Gasteiger partial charge on any atom is 0.335 e. The summed E-state index contributed by atoms with van der Waals surface area (Å²) < 4.78 is 1.80. The van der Waals surface area contributed by atoms with Crippen molar-refractivity contribution >= 4 is 38.9 Å². The van der Waals surface area contributed by atoms with Crippen molar-refractivity contribution < 1.29 is 27.0 Å². The molecule has 0 amide bonds. The summed E-state index contributed by atoms with van der Waals surface area (Å²) in [7, 11) is 1.88. The van der Waals surface area contributed by atoms with Crippen LogP contribution >= 0.6 is 11.3 Å². The highest BCUT2D eigenvalue weighted by molar-refractivity contribution is 7.18. The lowest BCUT2D eigenvalue weighted by molar-refractivity contribution is -0.714. The summed E-state index contributed by atoms with van der Waals surface area (Å²) in [6.45, 7) is 0. The van der Waals surface area contributed by atoms with E-state index in [9.17, 15) is 4.79 Å². The molecule has 0 bridgehead atoms. The van der Waals surface area contributed by atoms with Gasteiger partial charge in [-0.25, -0.2) is 4.79 Å². The maximum absolute atomic E-state index is 11.0. The van der Waals surface area contributed by atoms with Gasteiger partial charge in [-0.05, 0) is 47.1 Å². The largest absolute Gasteiger partial charge is 1.00 e. The predicted octanol–water partition coefficient (Wildman–Crippen LogP) is 1.23. The van der Waals surface area contributed by atoms with Gasteiger partial charge in [-0.1, -0.05) is 41.1 Å². The molecule has 0 atom stereocenters. The summed E-state index contributed by atoms with van der Waals surface area (Å²) in [6, 6.07) is 21.2. The van der Waals surface area contributed by atoms with E-state index in [0.29, 0.717) is 0 Å². The van der Waals surface area contributed by atoms with Crippen LogP contribution in [-0.2, 0) is 7.05 Å². The van der Waals surface area contributed by atoms with Crippen molar-refractivity contribution in [1.29, 1.82) is 0 Å². The summed E-state index contributed by atoms with van der Waals surface area (Å²) in [5.41, 5.74) is 2.21. The van der Waals surface area contributed by atoms with Crippen LogP contribution in [0.15, 0.2) is 66.7 Å². The van der Waals surface area contributed by atoms with Crippen LogP contribution in [0.25, 0.3) is 21.3 Å². The molecule has 7 heteroatoms. The lowest BCUT2D eigenvalue weighted by Gasteiger charge is -2.05. The second kappa shape index (κ2) is 7.73. The van der Waals surface area contributed by atoms with Crippen LogP contribution in [0.3, 0.4) is 0 Å². The van der Waals surface area contributed by atoms with Crippen molar-refractivity contribution in [3.05, 3.63) is 72.3 Å². The fraction of sp³-hybridized carbons (Fsp3) is 0.0500. The number of carboxylic acids is 1. The highest BCUT2D eigenvalue weighted by atomic mass is 35.5. The van der Waals surface area contributed by atoms with Gasteiger partial charge in [0, 0.05) is 16.2 Å². The third-order valence-corrected chi connectivity index (χ3v) is 5.21. The molecule has 3 aromatic carbocycles. The summed E-state index contributed by atoms with van der Waals surface area (Å²) in [5, 5.41) is 21.0. The number of nitrogens with zero attached hydrogens (tertiary/aromatic N) is 2. The zero-order valence-corrected chi connectivity index (χ0v) is 16.0. The third-order valence-electron chi connectivity index (χ3n) is 4.14. The molecule has 0 spiro atoms. The average Bonchev–Trinajstić information content (AvgIpc) is 3.02. The lowest BCUT2D eigenvalue weighted by Crippen LogP contribution is -3.00. The lowest BCUT2D eigenvalue weighted by atomic mass is 10.1. The fourth-order valence-corrected chi connectivity index (χ4v) is 3.80. The molecule has 1 aromatic heterocycles. The second-order valence-electron chi connectivity index (χ2n) is 5.87. The molecule has 0 saturated carbocycles. The summed E-state index contributed by atoms with van der Waals surface area (Å²) in [5.74, 6) is -0.927. The van der Waals surface area contributed by atoms with Crippen LogP contribution in [0.1, 0.15) is 10.4 Å². The smallest absolute Gasteiger partial charge is 0.335 e. The number of fused-ring (bicyclic) bond motifs is 1. The minimum atomic E-state index is -0.927. The zero-order chi connectivity index (χ0) is 18.1. The van der Waals surface area contributed by atoms with Crippen LogP contribution in [-0.4, -0.2) is 16.2 Å². The van der Waals surface area contributed by atoms with E-state index in [4.69, 9.17) is 5.11 Å². The van der Waals surface area contributed by atoms with Crippen LogP contribution in [0.2, 0.25) is 0 Å². The first-order valence-electron chi connectivity index (χ1n) is 8.07. The van der Waals surface area contributed by atoms with Gasteiger partial charge in [-0.15, -0.1) is 0 Å². The minimum Gasteiger partial charge on any atom is -1.00 e. The molecule has 4 aromatic rings. The maximum atomic E-state index is 11.0. The Morgan fingerprint density at radius 1 is 1.04 bits per heavy atom. The van der Waals surface area contributed by atoms with Gasteiger partial charge in [0.25, 0.3) is 10.1 Å². The molecule has 4 rings (SSSR count). The Morgan fingerprint density at radius 2 is 1.74 bits per heavy atom. The van der Waals surface area contributed by atoms with Crippen molar-refractivity contribution in [3.63, 3.8) is 0 Å². The van der Waals surface area contributed by atoms with E-state index in [-0.39, 0.29) is 18.0 Å². The van der Waals surface area contributed by atoms with Crippen LogP contribution in [0.5, 0.6) is 0 Å². The van der Waals surface area contributed by atoms with Crippen molar-refractivity contribution in [1.82, 2.24) is 5.10 Å². The molecule has 5 nitrogen and oxygen atoms in total. The monoisotopic (exact) mass is 397 g/mol. The van der Waals surface area contributed by atoms with Gasteiger partial charge in [0.2, 0.25) is 0 Å². The SMILES string of the molecule is C[n+]1nc(Nc2cccc3ccccc23)sc1-c1ccc(C(=O)O)cc1.[Cl-]. The van der Waals surface area contributed by atoms with Gasteiger partial charge in [0.1, 0.15) is 0 Å². The second-order valence-corrected chi connectivity index (χ2v) is 6.85. The van der Waals surface area contributed by atoms with E-state index in [1.165, 1.54) is 16.7 Å². The highest BCUT2D eigenvalue weighted by Gasteiger charge is 2.19. The molecule has 0 radical (unpaired) electrons. The molecule has 136 valence electrons. The van der Waals surface area contributed by atoms with Crippen LogP contribution < -0.4 is 22.4 Å². The number of hydrogen-bond donors (Lipinski definition) is 2. The van der Waals surface area contributed by atoms with Crippen molar-refractivity contribution in [2.45, 2.75) is 0 Å². The summed E-state index contributed by atoms with van der Waals surface area (Å²) in [4.78, 5) is 11.0. The Labute approximate surface area is 166 Å². The standard InChI is InChI=1S/C20H15N3O2S.ClH/c1-23-18(14-9-11-15(12-10-14)19(24)25)26-20(22-23)21-17-8-4-6-13-5-2-3-7-16(13)17;/h2-12H,1H3,(H-,21,22,24,25);1H. The van der Waals surface area contributed by atoms with Crippen LogP contribution in [0, 0.1) is 0 Å². The number of aromatic nitrogens is 2. The topological polar surface area (TPSA) is 66.1 Å². The average molecular weight is 398 g/mol. The van der Waals surface area contributed by atoms with Gasteiger partial charge < -0.3 is 22.8 Å². The number of nitrogens with one attached hydrogen (secondary N) is 1. The summed E-state index contributed by atoms with van der Waals surface area (Å²) in [6.07, 6.45) is 0. The molecule has 27 heavy (non-hydrogen) atoms. The van der Waals surface area contributed by atoms with E-state index < -0.39 is 5.97 Å². The molecular weight excluding hydrogens is 382 g/mol. The molecule has 2 N–H and O–H groups in total. The molecule has 0 aliphatic heterocycles. The van der Waals surface area contributed by atoms with E-state index >= 15 is 0 Å². The first-order valence-corrected chi connectivity index (χ1v) is 8.89. The number of carbonyl (C=O) groups is 1.